The molecule has 5 nitrogen and oxygen atoms in total. The van der Waals surface area contributed by atoms with E-state index in [1.54, 1.807) is 32.0 Å². The molecule has 1 aromatic carbocycles. The Kier molecular flexibility index (Phi) is 4.85. The number of halogens is 2. The summed E-state index contributed by atoms with van der Waals surface area (Å²) < 4.78 is 5.14. The van der Waals surface area contributed by atoms with Crippen LogP contribution in [0.5, 0.6) is 0 Å². The molecule has 21 heavy (non-hydrogen) atoms. The molecule has 2 rings (SSSR count). The summed E-state index contributed by atoms with van der Waals surface area (Å²) in [6, 6.07) is 5.23. The average Bonchev–Trinajstić information content (AvgIpc) is 2.90. The Balaban J connectivity index is 2.19. The topological polar surface area (TPSA) is 76.2 Å². The monoisotopic (exact) mass is 328 g/mol. The molecule has 112 valence electrons. The van der Waals surface area contributed by atoms with E-state index >= 15 is 0 Å². The first-order valence-corrected chi connectivity index (χ1v) is 7.14. The number of carboxylic acids is 1. The van der Waals surface area contributed by atoms with Crippen molar-refractivity contribution in [3.63, 3.8) is 0 Å². The van der Waals surface area contributed by atoms with E-state index in [2.05, 4.69) is 10.1 Å². The van der Waals surface area contributed by atoms with Crippen LogP contribution in [-0.2, 0) is 11.2 Å². The van der Waals surface area contributed by atoms with E-state index in [1.807, 2.05) is 0 Å². The highest BCUT2D eigenvalue weighted by Gasteiger charge is 2.26. The molecule has 0 fully saturated rings. The number of rotatable bonds is 5. The second-order valence-electron chi connectivity index (χ2n) is 4.84. The van der Waals surface area contributed by atoms with Crippen molar-refractivity contribution in [2.45, 2.75) is 26.2 Å². The lowest BCUT2D eigenvalue weighted by atomic mass is 9.96. The van der Waals surface area contributed by atoms with Crippen molar-refractivity contribution in [2.24, 2.45) is 5.92 Å². The van der Waals surface area contributed by atoms with Crippen molar-refractivity contribution in [2.75, 3.05) is 0 Å². The molecule has 1 heterocycles. The first kappa shape index (κ1) is 15.8. The Labute approximate surface area is 131 Å². The first-order chi connectivity index (χ1) is 9.90. The van der Waals surface area contributed by atoms with Crippen molar-refractivity contribution in [1.82, 2.24) is 10.1 Å². The highest BCUT2D eigenvalue weighted by atomic mass is 35.5. The highest BCUT2D eigenvalue weighted by molar-refractivity contribution is 6.36. The van der Waals surface area contributed by atoms with Gasteiger partial charge < -0.3 is 9.63 Å². The molecule has 0 saturated carbocycles. The normalized spacial score (nSPS) is 13.9. The smallest absolute Gasteiger partial charge is 0.307 e. The number of hydrogen-bond acceptors (Lipinski definition) is 4. The van der Waals surface area contributed by atoms with Gasteiger partial charge in [-0.3, -0.25) is 4.79 Å². The summed E-state index contributed by atoms with van der Waals surface area (Å²) in [5, 5.41) is 13.9. The lowest BCUT2D eigenvalue weighted by Gasteiger charge is -2.10. The second kappa shape index (κ2) is 6.45. The fourth-order valence-electron chi connectivity index (χ4n) is 1.81. The number of aliphatic carboxylic acids is 1. The van der Waals surface area contributed by atoms with Gasteiger partial charge in [-0.2, -0.15) is 4.98 Å². The number of carbonyl (C=O) groups is 1. The maximum atomic E-state index is 11.0. The summed E-state index contributed by atoms with van der Waals surface area (Å²) in [7, 11) is 0. The van der Waals surface area contributed by atoms with E-state index in [0.717, 1.165) is 0 Å². The summed E-state index contributed by atoms with van der Waals surface area (Å²) >= 11 is 12.2. The van der Waals surface area contributed by atoms with Gasteiger partial charge in [-0.05, 0) is 17.7 Å². The molecule has 0 aliphatic heterocycles. The minimum Gasteiger partial charge on any atom is -0.481 e. The number of hydrogen-bond donors (Lipinski definition) is 1. The summed E-state index contributed by atoms with van der Waals surface area (Å²) in [5.74, 6) is -1.17. The molecule has 1 N–H and O–H groups in total. The molecular weight excluding hydrogens is 315 g/mol. The molecule has 7 heteroatoms. The van der Waals surface area contributed by atoms with Crippen molar-refractivity contribution in [3.8, 4) is 0 Å². The van der Waals surface area contributed by atoms with Gasteiger partial charge in [-0.25, -0.2) is 0 Å². The van der Waals surface area contributed by atoms with Crippen molar-refractivity contribution < 1.29 is 14.4 Å². The lowest BCUT2D eigenvalue weighted by Crippen LogP contribution is -2.16. The van der Waals surface area contributed by atoms with E-state index in [9.17, 15) is 4.79 Å². The quantitative estimate of drug-likeness (QED) is 0.903. The Morgan fingerprint density at radius 2 is 1.95 bits per heavy atom. The second-order valence-corrected chi connectivity index (χ2v) is 5.66. The van der Waals surface area contributed by atoms with Crippen LogP contribution in [0.25, 0.3) is 0 Å². The summed E-state index contributed by atoms with van der Waals surface area (Å²) in [6.07, 6.45) is 0.330. The summed E-state index contributed by atoms with van der Waals surface area (Å²) in [6.45, 7) is 3.33. The fraction of sp³-hybridized carbons (Fsp3) is 0.357. The van der Waals surface area contributed by atoms with E-state index in [4.69, 9.17) is 32.8 Å². The van der Waals surface area contributed by atoms with E-state index in [1.165, 1.54) is 0 Å². The number of aromatic nitrogens is 2. The van der Waals surface area contributed by atoms with Crippen LogP contribution in [0.1, 0.15) is 37.0 Å². The molecule has 2 aromatic rings. The molecule has 0 radical (unpaired) electrons. The zero-order valence-corrected chi connectivity index (χ0v) is 13.0. The number of nitrogens with zero attached hydrogens (tertiary/aromatic N) is 2. The highest BCUT2D eigenvalue weighted by Crippen LogP contribution is 2.27. The molecule has 0 aliphatic rings. The predicted molar refractivity (Wildman–Crippen MR) is 78.8 cm³/mol. The molecule has 2 unspecified atom stereocenters. The maximum Gasteiger partial charge on any atom is 0.307 e. The Morgan fingerprint density at radius 1 is 1.33 bits per heavy atom. The van der Waals surface area contributed by atoms with Crippen LogP contribution in [0.15, 0.2) is 22.7 Å². The van der Waals surface area contributed by atoms with E-state index in [0.29, 0.717) is 33.7 Å². The average molecular weight is 329 g/mol. The van der Waals surface area contributed by atoms with Gasteiger partial charge >= 0.3 is 5.97 Å². The van der Waals surface area contributed by atoms with Crippen LogP contribution in [-0.4, -0.2) is 21.2 Å². The van der Waals surface area contributed by atoms with Crippen molar-refractivity contribution >= 4 is 29.2 Å². The van der Waals surface area contributed by atoms with Gasteiger partial charge in [0.15, 0.2) is 5.82 Å². The Hall–Kier alpha value is -1.59. The zero-order valence-electron chi connectivity index (χ0n) is 11.5. The van der Waals surface area contributed by atoms with Crippen molar-refractivity contribution in [1.29, 1.82) is 0 Å². The Bertz CT molecular complexity index is 637. The maximum absolute atomic E-state index is 11.0. The summed E-state index contributed by atoms with van der Waals surface area (Å²) in [4.78, 5) is 15.2. The summed E-state index contributed by atoms with van der Waals surface area (Å²) in [5.41, 5.74) is 0.715. The van der Waals surface area contributed by atoms with Crippen molar-refractivity contribution in [3.05, 3.63) is 45.5 Å². The number of carboxylic acid groups (broad SMARTS) is 1. The SMILES string of the molecule is CC(C(=O)O)C(C)c1nc(Cc2c(Cl)cccc2Cl)no1. The molecule has 0 spiro atoms. The van der Waals surface area contributed by atoms with Crippen LogP contribution in [0.3, 0.4) is 0 Å². The third kappa shape index (κ3) is 3.54. The van der Waals surface area contributed by atoms with Gasteiger partial charge in [0.05, 0.1) is 5.92 Å². The molecule has 0 bridgehead atoms. The molecular formula is C14H14Cl2N2O3. The van der Waals surface area contributed by atoms with Gasteiger partial charge in [0, 0.05) is 22.4 Å². The largest absolute Gasteiger partial charge is 0.481 e. The van der Waals surface area contributed by atoms with Crippen LogP contribution in [0.4, 0.5) is 0 Å². The third-order valence-electron chi connectivity index (χ3n) is 3.41. The number of benzene rings is 1. The van der Waals surface area contributed by atoms with Crippen LogP contribution < -0.4 is 0 Å². The molecule has 0 aliphatic carbocycles. The van der Waals surface area contributed by atoms with E-state index < -0.39 is 11.9 Å². The molecule has 1 aromatic heterocycles. The first-order valence-electron chi connectivity index (χ1n) is 6.38. The minimum atomic E-state index is -0.906. The minimum absolute atomic E-state index is 0.295. The molecule has 0 saturated heterocycles. The Morgan fingerprint density at radius 3 is 2.52 bits per heavy atom. The molecule has 2 atom stereocenters. The van der Waals surface area contributed by atoms with Crippen LogP contribution in [0.2, 0.25) is 10.0 Å². The van der Waals surface area contributed by atoms with Crippen LogP contribution in [0, 0.1) is 5.92 Å². The van der Waals surface area contributed by atoms with Gasteiger partial charge in [0.2, 0.25) is 5.89 Å². The standard InChI is InChI=1S/C14H14Cl2N2O3/c1-7(8(2)14(19)20)13-17-12(18-21-13)6-9-10(15)4-3-5-11(9)16/h3-5,7-8H,6H2,1-2H3,(H,19,20). The fourth-order valence-corrected chi connectivity index (χ4v) is 2.34. The van der Waals surface area contributed by atoms with Gasteiger partial charge in [-0.1, -0.05) is 48.3 Å². The van der Waals surface area contributed by atoms with Crippen LogP contribution >= 0.6 is 23.2 Å². The van der Waals surface area contributed by atoms with E-state index in [-0.39, 0.29) is 5.92 Å². The third-order valence-corrected chi connectivity index (χ3v) is 4.12. The molecule has 0 amide bonds. The lowest BCUT2D eigenvalue weighted by molar-refractivity contribution is -0.141. The van der Waals surface area contributed by atoms with Gasteiger partial charge in [-0.15, -0.1) is 0 Å². The predicted octanol–water partition coefficient (Wildman–Crippen LogP) is 3.79. The van der Waals surface area contributed by atoms with Gasteiger partial charge in [0.1, 0.15) is 0 Å². The zero-order chi connectivity index (χ0) is 15.6. The van der Waals surface area contributed by atoms with Gasteiger partial charge in [0.25, 0.3) is 0 Å².